The van der Waals surface area contributed by atoms with Crippen molar-refractivity contribution in [2.45, 2.75) is 64.2 Å². The van der Waals surface area contributed by atoms with E-state index in [-0.39, 0.29) is 43.6 Å². The summed E-state index contributed by atoms with van der Waals surface area (Å²) in [5, 5.41) is 17.2. The van der Waals surface area contributed by atoms with Crippen molar-refractivity contribution in [3.05, 3.63) is 0 Å². The van der Waals surface area contributed by atoms with Gasteiger partial charge in [-0.2, -0.15) is 5.06 Å². The van der Waals surface area contributed by atoms with E-state index in [1.807, 2.05) is 0 Å². The van der Waals surface area contributed by atoms with Crippen molar-refractivity contribution in [2.24, 2.45) is 0 Å². The monoisotopic (exact) mass is 436 g/mol. The van der Waals surface area contributed by atoms with E-state index in [0.717, 1.165) is 0 Å². The average molecular weight is 436 g/mol. The van der Waals surface area contributed by atoms with Crippen molar-refractivity contribution in [2.75, 3.05) is 0 Å². The lowest BCUT2D eigenvalue weighted by Gasteiger charge is -2.11. The Kier molecular flexibility index (Phi) is 13.4. The first-order valence-corrected chi connectivity index (χ1v) is 9.34. The molecule has 4 amide bonds. The molecule has 0 saturated carbocycles. The molecule has 31 heavy (non-hydrogen) atoms. The van der Waals surface area contributed by atoms with Gasteiger partial charge in [0.15, 0.2) is 0 Å². The Balaban J connectivity index is 0.000000477. The number of rotatable bonds is 7. The molecule has 2 aliphatic heterocycles. The minimum absolute atomic E-state index is 0.108. The maximum absolute atomic E-state index is 11.1. The van der Waals surface area contributed by atoms with Crippen LogP contribution in [0.5, 0.6) is 0 Å². The molecule has 2 saturated heterocycles. The predicted molar refractivity (Wildman–Crippen MR) is 103 cm³/mol. The Bertz CT molecular complexity index is 745. The van der Waals surface area contributed by atoms with Gasteiger partial charge in [0.05, 0.1) is 0 Å². The van der Waals surface area contributed by atoms with Gasteiger partial charge in [-0.05, 0) is 12.8 Å². The van der Waals surface area contributed by atoms with E-state index < -0.39 is 35.6 Å². The Hall–Kier alpha value is -3.70. The van der Waals surface area contributed by atoms with Gasteiger partial charge in [0.25, 0.3) is 23.6 Å². The van der Waals surface area contributed by atoms with Crippen molar-refractivity contribution >= 4 is 35.6 Å². The molecule has 2 aliphatic rings. The van der Waals surface area contributed by atoms with Crippen LogP contribution < -0.4 is 0 Å². The molecule has 2 fully saturated rings. The van der Waals surface area contributed by atoms with Gasteiger partial charge in [-0.3, -0.25) is 29.2 Å². The summed E-state index contributed by atoms with van der Waals surface area (Å²) < 4.78 is 0. The number of amides is 4. The number of hydroxylamine groups is 4. The zero-order valence-electron chi connectivity index (χ0n) is 16.9. The average Bonchev–Trinajstić information content (AvgIpc) is 3.19. The Labute approximate surface area is 179 Å². The van der Waals surface area contributed by atoms with Crippen LogP contribution in [0.25, 0.3) is 0 Å². The number of carbonyl (C=O) groups is 6. The van der Waals surface area contributed by atoms with Crippen molar-refractivity contribution in [1.82, 2.24) is 10.1 Å². The number of aliphatic carboxylic acids is 1. The summed E-state index contributed by atoms with van der Waals surface area (Å²) in [7, 11) is 0. The van der Waals surface area contributed by atoms with Crippen molar-refractivity contribution in [3.8, 4) is 24.7 Å². The molecular weight excluding hydrogens is 412 g/mol. The smallest absolute Gasteiger partial charge is 0.333 e. The van der Waals surface area contributed by atoms with Crippen LogP contribution in [0.15, 0.2) is 0 Å². The largest absolute Gasteiger partial charge is 0.481 e. The number of imide groups is 2. The lowest BCUT2D eigenvalue weighted by Crippen LogP contribution is -2.31. The van der Waals surface area contributed by atoms with Gasteiger partial charge in [-0.15, -0.1) is 29.8 Å². The minimum Gasteiger partial charge on any atom is -0.481 e. The third-order valence-corrected chi connectivity index (χ3v) is 3.64. The number of nitrogens with zero attached hydrogens (tertiary/aromatic N) is 2. The van der Waals surface area contributed by atoms with Crippen molar-refractivity contribution in [3.63, 3.8) is 0 Å². The molecule has 0 aromatic carbocycles. The fourth-order valence-corrected chi connectivity index (χ4v) is 2.05. The van der Waals surface area contributed by atoms with Crippen molar-refractivity contribution in [1.29, 1.82) is 0 Å². The SMILES string of the molecule is C#CCCCC(=O)O.C#CCCCC(=O)ON1C(=O)CCC1=O.O=C1CCC(=O)N1O. The number of hydrogen-bond acceptors (Lipinski definition) is 8. The summed E-state index contributed by atoms with van der Waals surface area (Å²) in [5.41, 5.74) is 0. The molecule has 0 radical (unpaired) electrons. The van der Waals surface area contributed by atoms with Crippen LogP contribution in [0.4, 0.5) is 0 Å². The lowest BCUT2D eigenvalue weighted by molar-refractivity contribution is -0.197. The highest BCUT2D eigenvalue weighted by Crippen LogP contribution is 2.13. The van der Waals surface area contributed by atoms with Gasteiger partial charge in [-0.25, -0.2) is 4.79 Å². The van der Waals surface area contributed by atoms with E-state index in [1.54, 1.807) is 0 Å². The van der Waals surface area contributed by atoms with Crippen LogP contribution in [-0.4, -0.2) is 56.0 Å². The van der Waals surface area contributed by atoms with E-state index in [4.69, 9.17) is 23.2 Å². The molecule has 168 valence electrons. The van der Waals surface area contributed by atoms with E-state index in [2.05, 4.69) is 16.7 Å². The molecule has 0 spiro atoms. The van der Waals surface area contributed by atoms with Gasteiger partial charge in [0.1, 0.15) is 0 Å². The van der Waals surface area contributed by atoms with Gasteiger partial charge >= 0.3 is 11.9 Å². The number of unbranched alkanes of at least 4 members (excludes halogenated alkanes) is 2. The molecule has 2 N–H and O–H groups in total. The standard InChI is InChI=1S/C10H11NO4.C6H8O2.C4H5NO3/c1-2-3-4-5-10(14)15-11-8(12)6-7-9(11)13;1-2-3-4-5-6(7)8;6-3-1-2-4(7)5(3)8/h1H,3-7H2;1H,3-5H2,(H,7,8);8H,1-2H2. The third-order valence-electron chi connectivity index (χ3n) is 3.64. The predicted octanol–water partition coefficient (Wildman–Crippen LogP) is 0.796. The molecular formula is C20H24N2O9. The second-order valence-corrected chi connectivity index (χ2v) is 6.15. The van der Waals surface area contributed by atoms with Crippen molar-refractivity contribution < 1.29 is 43.9 Å². The van der Waals surface area contributed by atoms with E-state index in [9.17, 15) is 28.8 Å². The number of terminal acetylenes is 2. The quantitative estimate of drug-likeness (QED) is 0.255. The third kappa shape index (κ3) is 11.8. The Morgan fingerprint density at radius 3 is 1.61 bits per heavy atom. The second kappa shape index (κ2) is 15.2. The topological polar surface area (TPSA) is 159 Å². The van der Waals surface area contributed by atoms with Crippen LogP contribution in [0.1, 0.15) is 64.2 Å². The summed E-state index contributed by atoms with van der Waals surface area (Å²) in [5.74, 6) is 1.41. The molecule has 0 aromatic heterocycles. The fourth-order valence-electron chi connectivity index (χ4n) is 2.05. The highest BCUT2D eigenvalue weighted by molar-refractivity contribution is 6.01. The fraction of sp³-hybridized carbons (Fsp3) is 0.500. The van der Waals surface area contributed by atoms with Crippen LogP contribution in [0, 0.1) is 24.7 Å². The summed E-state index contributed by atoms with van der Waals surface area (Å²) in [6.45, 7) is 0. The first-order chi connectivity index (χ1) is 14.6. The summed E-state index contributed by atoms with van der Waals surface area (Å²) in [6, 6.07) is 0. The zero-order chi connectivity index (χ0) is 23.8. The molecule has 11 heteroatoms. The molecule has 0 aliphatic carbocycles. The molecule has 0 aromatic rings. The maximum Gasteiger partial charge on any atom is 0.333 e. The van der Waals surface area contributed by atoms with Crippen LogP contribution >= 0.6 is 0 Å². The van der Waals surface area contributed by atoms with Gasteiger partial charge in [-0.1, -0.05) is 0 Å². The van der Waals surface area contributed by atoms with Gasteiger partial charge in [0, 0.05) is 51.4 Å². The lowest BCUT2D eigenvalue weighted by atomic mass is 10.2. The zero-order valence-corrected chi connectivity index (χ0v) is 16.9. The molecule has 0 atom stereocenters. The second-order valence-electron chi connectivity index (χ2n) is 6.15. The van der Waals surface area contributed by atoms with E-state index >= 15 is 0 Å². The number of carboxylic acids is 1. The highest BCUT2D eigenvalue weighted by Gasteiger charge is 2.32. The van der Waals surface area contributed by atoms with E-state index in [0.29, 0.717) is 30.7 Å². The molecule has 2 heterocycles. The highest BCUT2D eigenvalue weighted by atomic mass is 16.7. The number of carboxylic acid groups (broad SMARTS) is 1. The first kappa shape index (κ1) is 27.3. The maximum atomic E-state index is 11.1. The van der Waals surface area contributed by atoms with Crippen LogP contribution in [0.2, 0.25) is 0 Å². The Morgan fingerprint density at radius 2 is 1.26 bits per heavy atom. The number of carbonyl (C=O) groups excluding carboxylic acids is 5. The molecule has 2 rings (SSSR count). The molecule has 0 bridgehead atoms. The minimum atomic E-state index is -0.778. The Morgan fingerprint density at radius 1 is 0.839 bits per heavy atom. The molecule has 11 nitrogen and oxygen atoms in total. The van der Waals surface area contributed by atoms with Crippen LogP contribution in [-0.2, 0) is 33.6 Å². The molecule has 0 unspecified atom stereocenters. The van der Waals surface area contributed by atoms with Gasteiger partial charge < -0.3 is 9.94 Å². The van der Waals surface area contributed by atoms with Gasteiger partial charge in [0.2, 0.25) is 0 Å². The number of hydrogen-bond donors (Lipinski definition) is 2. The van der Waals surface area contributed by atoms with Crippen LogP contribution in [0.3, 0.4) is 0 Å². The first-order valence-electron chi connectivity index (χ1n) is 9.34. The van der Waals surface area contributed by atoms with E-state index in [1.165, 1.54) is 0 Å². The normalized spacial score (nSPS) is 14.7. The summed E-state index contributed by atoms with van der Waals surface area (Å²) >= 11 is 0. The summed E-state index contributed by atoms with van der Waals surface area (Å²) in [6.07, 6.45) is 12.8. The summed E-state index contributed by atoms with van der Waals surface area (Å²) in [4.78, 5) is 68.1.